The first kappa shape index (κ1) is 24.0. The molecule has 0 bridgehead atoms. The molecule has 0 aliphatic carbocycles. The van der Waals surface area contributed by atoms with E-state index >= 15 is 0 Å². The number of hydrogen-bond donors (Lipinski definition) is 4. The minimum Gasteiger partial charge on any atom is -0.480 e. The fourth-order valence-corrected chi connectivity index (χ4v) is 0. The number of carboxylic acid groups (broad SMARTS) is 3. The van der Waals surface area contributed by atoms with Gasteiger partial charge < -0.3 is 20.4 Å². The van der Waals surface area contributed by atoms with Gasteiger partial charge in [-0.1, -0.05) is 13.2 Å². The number of carbonyl (C=O) groups is 3. The van der Waals surface area contributed by atoms with Gasteiger partial charge >= 0.3 is 17.9 Å². The molecule has 16 heavy (non-hydrogen) atoms. The standard InChI is InChI=1S/2C3H4O2.C2H4O3.Ti/c2*1-2-3(4)5;3-1-2(4)5;/h2*2H,1H2,(H,4,5);3H,1H2,(H,4,5);. The molecule has 0 rings (SSSR count). The third-order valence-corrected chi connectivity index (χ3v) is 0.485. The van der Waals surface area contributed by atoms with Crippen molar-refractivity contribution in [2.45, 2.75) is 0 Å². The van der Waals surface area contributed by atoms with Crippen LogP contribution >= 0.6 is 0 Å². The smallest absolute Gasteiger partial charge is 0.329 e. The van der Waals surface area contributed by atoms with Crippen molar-refractivity contribution < 1.29 is 56.5 Å². The average molecular weight is 268 g/mol. The van der Waals surface area contributed by atoms with E-state index in [1.54, 1.807) is 0 Å². The number of hydrogen-bond acceptors (Lipinski definition) is 4. The van der Waals surface area contributed by atoms with Crippen LogP contribution in [-0.4, -0.2) is 44.9 Å². The van der Waals surface area contributed by atoms with E-state index in [0.29, 0.717) is 0 Å². The zero-order chi connectivity index (χ0) is 12.9. The fourth-order valence-electron chi connectivity index (χ4n) is 0. The van der Waals surface area contributed by atoms with Crippen molar-refractivity contribution in [2.75, 3.05) is 6.61 Å². The molecule has 90 valence electrons. The molecule has 7 nitrogen and oxygen atoms in total. The molecule has 0 atom stereocenters. The number of aliphatic carboxylic acids is 3. The summed E-state index contributed by atoms with van der Waals surface area (Å²) >= 11 is 0. The first-order valence-corrected chi connectivity index (χ1v) is 3.35. The van der Waals surface area contributed by atoms with Gasteiger partial charge in [0.15, 0.2) is 0 Å². The normalized spacial score (nSPS) is 6.31. The summed E-state index contributed by atoms with van der Waals surface area (Å²) in [6.07, 6.45) is 1.67. The van der Waals surface area contributed by atoms with E-state index in [1.165, 1.54) is 0 Å². The summed E-state index contributed by atoms with van der Waals surface area (Å²) < 4.78 is 0. The molecule has 0 saturated carbocycles. The van der Waals surface area contributed by atoms with Gasteiger partial charge in [-0.25, -0.2) is 14.4 Å². The maximum Gasteiger partial charge on any atom is 0.329 e. The van der Waals surface area contributed by atoms with Gasteiger partial charge in [-0.15, -0.1) is 0 Å². The Bertz CT molecular complexity index is 219. The summed E-state index contributed by atoms with van der Waals surface area (Å²) in [6.45, 7) is 5.14. The molecular weight excluding hydrogens is 256 g/mol. The van der Waals surface area contributed by atoms with Crippen LogP contribution < -0.4 is 0 Å². The second-order valence-electron chi connectivity index (χ2n) is 1.64. The second kappa shape index (κ2) is 19.2. The van der Waals surface area contributed by atoms with Crippen LogP contribution in [-0.2, 0) is 36.1 Å². The monoisotopic (exact) mass is 268 g/mol. The Morgan fingerprint density at radius 1 is 0.938 bits per heavy atom. The number of rotatable bonds is 3. The van der Waals surface area contributed by atoms with Gasteiger partial charge in [0.2, 0.25) is 0 Å². The molecule has 0 amide bonds. The van der Waals surface area contributed by atoms with Crippen LogP contribution in [0.3, 0.4) is 0 Å². The SMILES string of the molecule is C=CC(=O)O.C=CC(=O)O.O=C(O)CO.[Ti]. The quantitative estimate of drug-likeness (QED) is 0.403. The minimum absolute atomic E-state index is 0. The molecule has 0 aromatic heterocycles. The van der Waals surface area contributed by atoms with Gasteiger partial charge in [0.05, 0.1) is 0 Å². The van der Waals surface area contributed by atoms with Crippen molar-refractivity contribution in [3.8, 4) is 0 Å². The summed E-state index contributed by atoms with van der Waals surface area (Å²) in [5.41, 5.74) is 0. The minimum atomic E-state index is -1.19. The topological polar surface area (TPSA) is 132 Å². The van der Waals surface area contributed by atoms with Gasteiger partial charge in [-0.3, -0.25) is 0 Å². The van der Waals surface area contributed by atoms with Crippen LogP contribution in [0.15, 0.2) is 25.3 Å². The van der Waals surface area contributed by atoms with Crippen LogP contribution in [0.1, 0.15) is 0 Å². The van der Waals surface area contributed by atoms with Gasteiger partial charge in [0.25, 0.3) is 0 Å². The predicted octanol–water partition coefficient (Wildman–Crippen LogP) is -0.425. The number of aliphatic hydroxyl groups excluding tert-OH is 1. The zero-order valence-electron chi connectivity index (χ0n) is 8.29. The van der Waals surface area contributed by atoms with Crippen molar-refractivity contribution in [3.05, 3.63) is 25.3 Å². The maximum atomic E-state index is 9.25. The molecule has 0 spiro atoms. The zero-order valence-corrected chi connectivity index (χ0v) is 9.85. The molecule has 0 saturated heterocycles. The largest absolute Gasteiger partial charge is 0.480 e. The van der Waals surface area contributed by atoms with Crippen LogP contribution in [0.2, 0.25) is 0 Å². The fraction of sp³-hybridized carbons (Fsp3) is 0.125. The van der Waals surface area contributed by atoms with E-state index in [0.717, 1.165) is 12.2 Å². The van der Waals surface area contributed by atoms with E-state index in [1.807, 2.05) is 0 Å². The average Bonchev–Trinajstić information content (AvgIpc) is 2.19. The molecular formula is C8H12O7Ti. The van der Waals surface area contributed by atoms with Gasteiger partial charge in [0, 0.05) is 33.9 Å². The maximum absolute atomic E-state index is 9.25. The summed E-state index contributed by atoms with van der Waals surface area (Å²) in [7, 11) is 0. The first-order valence-electron chi connectivity index (χ1n) is 3.35. The van der Waals surface area contributed by atoms with E-state index < -0.39 is 24.5 Å². The van der Waals surface area contributed by atoms with Crippen molar-refractivity contribution in [3.63, 3.8) is 0 Å². The van der Waals surface area contributed by atoms with Gasteiger partial charge in [0.1, 0.15) is 6.61 Å². The van der Waals surface area contributed by atoms with E-state index in [2.05, 4.69) is 13.2 Å². The van der Waals surface area contributed by atoms with Crippen LogP contribution in [0, 0.1) is 0 Å². The van der Waals surface area contributed by atoms with E-state index in [-0.39, 0.29) is 21.7 Å². The molecule has 0 heterocycles. The molecule has 0 aromatic rings. The summed E-state index contributed by atoms with van der Waals surface area (Å²) in [5.74, 6) is -3.15. The van der Waals surface area contributed by atoms with Crippen LogP contribution in [0.25, 0.3) is 0 Å². The Morgan fingerprint density at radius 3 is 1.06 bits per heavy atom. The van der Waals surface area contributed by atoms with Crippen LogP contribution in [0.5, 0.6) is 0 Å². The van der Waals surface area contributed by atoms with Crippen molar-refractivity contribution in [1.82, 2.24) is 0 Å². The summed E-state index contributed by atoms with van der Waals surface area (Å²) in [5, 5.41) is 30.2. The van der Waals surface area contributed by atoms with Gasteiger partial charge in [-0.2, -0.15) is 0 Å². The molecule has 0 fully saturated rings. The Hall–Kier alpha value is -1.44. The molecule has 0 radical (unpaired) electrons. The van der Waals surface area contributed by atoms with E-state index in [9.17, 15) is 9.59 Å². The molecule has 0 unspecified atom stereocenters. The molecule has 8 heteroatoms. The van der Waals surface area contributed by atoms with Crippen molar-refractivity contribution >= 4 is 17.9 Å². The van der Waals surface area contributed by atoms with Crippen molar-refractivity contribution in [2.24, 2.45) is 0 Å². The van der Waals surface area contributed by atoms with Crippen LogP contribution in [0.4, 0.5) is 0 Å². The molecule has 0 aliphatic heterocycles. The number of aliphatic hydroxyl groups is 1. The van der Waals surface area contributed by atoms with E-state index in [4.69, 9.17) is 25.2 Å². The molecule has 0 aromatic carbocycles. The Kier molecular flexibility index (Phi) is 28.8. The van der Waals surface area contributed by atoms with Gasteiger partial charge in [-0.05, 0) is 0 Å². The summed E-state index contributed by atoms with van der Waals surface area (Å²) in [4.78, 5) is 27.6. The Labute approximate surface area is 107 Å². The molecule has 0 aliphatic rings. The number of carboxylic acids is 3. The Balaban J connectivity index is -0.0000000655. The first-order chi connectivity index (χ1) is 6.81. The third-order valence-electron chi connectivity index (χ3n) is 0.485. The third kappa shape index (κ3) is 80.7. The second-order valence-corrected chi connectivity index (χ2v) is 1.64. The molecule has 4 N–H and O–H groups in total. The van der Waals surface area contributed by atoms with Crippen molar-refractivity contribution in [1.29, 1.82) is 0 Å². The summed E-state index contributed by atoms with van der Waals surface area (Å²) in [6, 6.07) is 0. The Morgan fingerprint density at radius 2 is 1.06 bits per heavy atom. The predicted molar refractivity (Wildman–Crippen MR) is 50.4 cm³/mol.